The number of hydrogen-bond acceptors (Lipinski definition) is 2. The summed E-state index contributed by atoms with van der Waals surface area (Å²) in [5, 5.41) is 2.14. The van der Waals surface area contributed by atoms with E-state index in [-0.39, 0.29) is 0 Å². The number of aryl methyl sites for hydroxylation is 1. The highest BCUT2D eigenvalue weighted by molar-refractivity contribution is 9.10. The summed E-state index contributed by atoms with van der Waals surface area (Å²) in [6.45, 7) is 0. The molecule has 2 rings (SSSR count). The number of nitrogens with two attached hydrogens (primary N) is 1. The molecule has 1 unspecified atom stereocenters. The molecule has 1 aliphatic carbocycles. The third-order valence-electron chi connectivity index (χ3n) is 2.86. The zero-order valence-electron chi connectivity index (χ0n) is 8.21. The summed E-state index contributed by atoms with van der Waals surface area (Å²) < 4.78 is 1.27. The van der Waals surface area contributed by atoms with E-state index in [4.69, 9.17) is 5.73 Å². The van der Waals surface area contributed by atoms with Gasteiger partial charge >= 0.3 is 0 Å². The maximum Gasteiger partial charge on any atom is 0.0314 e. The Labute approximate surface area is 97.8 Å². The zero-order valence-corrected chi connectivity index (χ0v) is 10.6. The molecule has 0 saturated heterocycles. The van der Waals surface area contributed by atoms with Crippen LogP contribution in [-0.4, -0.2) is 6.04 Å². The number of rotatable bonds is 5. The van der Waals surface area contributed by atoms with Gasteiger partial charge in [0, 0.05) is 15.4 Å². The van der Waals surface area contributed by atoms with Gasteiger partial charge < -0.3 is 5.73 Å². The van der Waals surface area contributed by atoms with Crippen molar-refractivity contribution in [2.75, 3.05) is 0 Å². The van der Waals surface area contributed by atoms with Crippen molar-refractivity contribution in [2.45, 2.75) is 38.1 Å². The predicted octanol–water partition coefficient (Wildman–Crippen LogP) is 3.57. The molecule has 0 amide bonds. The molecule has 1 aromatic rings. The SMILES string of the molecule is NC(CCCc1sccc1Br)C1CC1. The Bertz CT molecular complexity index is 293. The molecular formula is C11H16BrNS. The van der Waals surface area contributed by atoms with Crippen molar-refractivity contribution in [3.05, 3.63) is 20.8 Å². The van der Waals surface area contributed by atoms with Gasteiger partial charge in [-0.1, -0.05) is 0 Å². The molecule has 1 saturated carbocycles. The van der Waals surface area contributed by atoms with Crippen molar-refractivity contribution < 1.29 is 0 Å². The van der Waals surface area contributed by atoms with Gasteiger partial charge in [0.05, 0.1) is 0 Å². The van der Waals surface area contributed by atoms with Crippen molar-refractivity contribution >= 4 is 27.3 Å². The fourth-order valence-electron chi connectivity index (χ4n) is 1.76. The lowest BCUT2D eigenvalue weighted by atomic mass is 10.1. The fraction of sp³-hybridized carbons (Fsp3) is 0.636. The lowest BCUT2D eigenvalue weighted by molar-refractivity contribution is 0.529. The van der Waals surface area contributed by atoms with E-state index in [1.807, 2.05) is 11.3 Å². The Balaban J connectivity index is 1.69. The van der Waals surface area contributed by atoms with Gasteiger partial charge in [-0.2, -0.15) is 0 Å². The maximum absolute atomic E-state index is 6.05. The highest BCUT2D eigenvalue weighted by atomic mass is 79.9. The maximum atomic E-state index is 6.05. The van der Waals surface area contributed by atoms with Crippen LogP contribution in [0.1, 0.15) is 30.6 Å². The lowest BCUT2D eigenvalue weighted by Gasteiger charge is -2.08. The third kappa shape index (κ3) is 2.81. The van der Waals surface area contributed by atoms with E-state index >= 15 is 0 Å². The first-order valence-corrected chi connectivity index (χ1v) is 6.92. The summed E-state index contributed by atoms with van der Waals surface area (Å²) in [5.41, 5.74) is 6.05. The minimum atomic E-state index is 0.466. The molecule has 1 aliphatic rings. The van der Waals surface area contributed by atoms with Gasteiger partial charge in [-0.15, -0.1) is 11.3 Å². The van der Waals surface area contributed by atoms with Gasteiger partial charge in [0.25, 0.3) is 0 Å². The average Bonchev–Trinajstić information content (AvgIpc) is 2.93. The summed E-state index contributed by atoms with van der Waals surface area (Å²) >= 11 is 5.39. The summed E-state index contributed by atoms with van der Waals surface area (Å²) in [6, 6.07) is 2.59. The van der Waals surface area contributed by atoms with Gasteiger partial charge in [0.2, 0.25) is 0 Å². The molecule has 78 valence electrons. The van der Waals surface area contributed by atoms with Crippen LogP contribution in [0.3, 0.4) is 0 Å². The van der Waals surface area contributed by atoms with Crippen LogP contribution in [0.4, 0.5) is 0 Å². The first-order valence-electron chi connectivity index (χ1n) is 5.25. The van der Waals surface area contributed by atoms with E-state index in [0.29, 0.717) is 6.04 Å². The molecule has 1 fully saturated rings. The summed E-state index contributed by atoms with van der Waals surface area (Å²) in [6.07, 6.45) is 6.33. The topological polar surface area (TPSA) is 26.0 Å². The monoisotopic (exact) mass is 273 g/mol. The van der Waals surface area contributed by atoms with Crippen LogP contribution in [0.15, 0.2) is 15.9 Å². The summed E-state index contributed by atoms with van der Waals surface area (Å²) in [4.78, 5) is 1.47. The first kappa shape index (κ1) is 10.7. The molecule has 0 aliphatic heterocycles. The average molecular weight is 274 g/mol. The second-order valence-corrected chi connectivity index (χ2v) is 5.94. The first-order chi connectivity index (χ1) is 6.77. The van der Waals surface area contributed by atoms with Crippen molar-refractivity contribution in [2.24, 2.45) is 11.7 Å². The van der Waals surface area contributed by atoms with E-state index < -0.39 is 0 Å². The minimum Gasteiger partial charge on any atom is -0.327 e. The molecule has 0 radical (unpaired) electrons. The van der Waals surface area contributed by atoms with Crippen LogP contribution < -0.4 is 5.73 Å². The van der Waals surface area contributed by atoms with Crippen LogP contribution in [0.25, 0.3) is 0 Å². The largest absolute Gasteiger partial charge is 0.327 e. The van der Waals surface area contributed by atoms with Gasteiger partial charge in [0.15, 0.2) is 0 Å². The molecule has 14 heavy (non-hydrogen) atoms. The Hall–Kier alpha value is 0.140. The molecule has 1 aromatic heterocycles. The summed E-state index contributed by atoms with van der Waals surface area (Å²) in [7, 11) is 0. The van der Waals surface area contributed by atoms with E-state index in [1.165, 1.54) is 41.5 Å². The van der Waals surface area contributed by atoms with E-state index in [1.54, 1.807) is 0 Å². The van der Waals surface area contributed by atoms with Crippen LogP contribution in [-0.2, 0) is 6.42 Å². The molecule has 1 heterocycles. The number of hydrogen-bond donors (Lipinski definition) is 1. The smallest absolute Gasteiger partial charge is 0.0314 e. The molecule has 0 spiro atoms. The van der Waals surface area contributed by atoms with Gasteiger partial charge in [-0.3, -0.25) is 0 Å². The highest BCUT2D eigenvalue weighted by Gasteiger charge is 2.27. The molecule has 1 atom stereocenters. The van der Waals surface area contributed by atoms with Crippen molar-refractivity contribution in [1.29, 1.82) is 0 Å². The Morgan fingerprint density at radius 2 is 2.36 bits per heavy atom. The van der Waals surface area contributed by atoms with E-state index in [9.17, 15) is 0 Å². The van der Waals surface area contributed by atoms with Crippen LogP contribution >= 0.6 is 27.3 Å². The van der Waals surface area contributed by atoms with Gasteiger partial charge in [-0.05, 0) is 65.4 Å². The normalized spacial score (nSPS) is 18.4. The molecule has 2 N–H and O–H groups in total. The van der Waals surface area contributed by atoms with Crippen molar-refractivity contribution in [1.82, 2.24) is 0 Å². The fourth-order valence-corrected chi connectivity index (χ4v) is 3.36. The second kappa shape index (κ2) is 4.77. The zero-order chi connectivity index (χ0) is 9.97. The Kier molecular flexibility index (Phi) is 3.63. The van der Waals surface area contributed by atoms with Gasteiger partial charge in [0.1, 0.15) is 0 Å². The predicted molar refractivity (Wildman–Crippen MR) is 65.7 cm³/mol. The third-order valence-corrected chi connectivity index (χ3v) is 4.85. The quantitative estimate of drug-likeness (QED) is 0.872. The number of halogens is 1. The molecule has 0 aromatic carbocycles. The highest BCUT2D eigenvalue weighted by Crippen LogP contribution is 2.33. The minimum absolute atomic E-state index is 0.466. The Morgan fingerprint density at radius 1 is 1.57 bits per heavy atom. The summed E-state index contributed by atoms with van der Waals surface area (Å²) in [5.74, 6) is 0.849. The lowest BCUT2D eigenvalue weighted by Crippen LogP contribution is -2.22. The molecule has 1 nitrogen and oxygen atoms in total. The van der Waals surface area contributed by atoms with Crippen LogP contribution in [0, 0.1) is 5.92 Å². The van der Waals surface area contributed by atoms with Crippen LogP contribution in [0.5, 0.6) is 0 Å². The van der Waals surface area contributed by atoms with Crippen LogP contribution in [0.2, 0.25) is 0 Å². The molecule has 3 heteroatoms. The van der Waals surface area contributed by atoms with Crippen molar-refractivity contribution in [3.8, 4) is 0 Å². The van der Waals surface area contributed by atoms with Gasteiger partial charge in [-0.25, -0.2) is 0 Å². The van der Waals surface area contributed by atoms with Crippen molar-refractivity contribution in [3.63, 3.8) is 0 Å². The van der Waals surface area contributed by atoms with E-state index in [0.717, 1.165) is 5.92 Å². The van der Waals surface area contributed by atoms with E-state index in [2.05, 4.69) is 27.4 Å². The standard InChI is InChI=1S/C11H16BrNS/c12-9-6-7-14-11(9)3-1-2-10(13)8-4-5-8/h6-8,10H,1-5,13H2. The molecule has 0 bridgehead atoms. The Morgan fingerprint density at radius 3 is 2.93 bits per heavy atom. The number of thiophene rings is 1. The second-order valence-electron chi connectivity index (χ2n) is 4.09. The molecular weight excluding hydrogens is 258 g/mol.